The van der Waals surface area contributed by atoms with Crippen LogP contribution in [0, 0.1) is 5.92 Å². The van der Waals surface area contributed by atoms with Gasteiger partial charge in [0.15, 0.2) is 17.5 Å². The molecule has 1 aromatic carbocycles. The van der Waals surface area contributed by atoms with Crippen LogP contribution in [0.4, 0.5) is 0 Å². The van der Waals surface area contributed by atoms with E-state index in [0.717, 1.165) is 37.7 Å². The SMILES string of the molecule is CN=C(NCc1cc(Cl)c2c(c1)OCCO2)NCC1CCOC1.I. The van der Waals surface area contributed by atoms with Gasteiger partial charge in [0.25, 0.3) is 0 Å². The Kier molecular flexibility index (Phi) is 7.70. The van der Waals surface area contributed by atoms with Gasteiger partial charge in [-0.15, -0.1) is 24.0 Å². The summed E-state index contributed by atoms with van der Waals surface area (Å²) in [6.07, 6.45) is 1.10. The van der Waals surface area contributed by atoms with E-state index >= 15 is 0 Å². The number of guanidine groups is 1. The molecule has 1 fully saturated rings. The summed E-state index contributed by atoms with van der Waals surface area (Å²) in [5, 5.41) is 7.19. The van der Waals surface area contributed by atoms with E-state index in [1.165, 1.54) is 0 Å². The molecule has 3 rings (SSSR count). The number of rotatable bonds is 4. The molecule has 0 amide bonds. The summed E-state index contributed by atoms with van der Waals surface area (Å²) in [6.45, 7) is 4.23. The molecule has 0 aliphatic carbocycles. The standard InChI is InChI=1S/C16H22ClN3O3.HI/c1-18-16(19-8-11-2-3-21-10-11)20-9-12-6-13(17)15-14(7-12)22-4-5-23-15;/h6-7,11H,2-5,8-10H2,1H3,(H2,18,19,20);1H. The lowest BCUT2D eigenvalue weighted by atomic mass is 10.1. The fraction of sp³-hybridized carbons (Fsp3) is 0.562. The Morgan fingerprint density at radius 2 is 2.08 bits per heavy atom. The fourth-order valence-corrected chi connectivity index (χ4v) is 2.95. The van der Waals surface area contributed by atoms with Gasteiger partial charge < -0.3 is 24.8 Å². The van der Waals surface area contributed by atoms with E-state index in [1.54, 1.807) is 7.05 Å². The first-order valence-corrected chi connectivity index (χ1v) is 8.24. The Hall–Kier alpha value is -0.930. The Labute approximate surface area is 164 Å². The topological polar surface area (TPSA) is 64.1 Å². The molecule has 6 nitrogen and oxygen atoms in total. The Morgan fingerprint density at radius 3 is 2.83 bits per heavy atom. The predicted molar refractivity (Wildman–Crippen MR) is 105 cm³/mol. The van der Waals surface area contributed by atoms with Crippen LogP contribution in [0.1, 0.15) is 12.0 Å². The van der Waals surface area contributed by atoms with Crippen LogP contribution in [0.2, 0.25) is 5.02 Å². The van der Waals surface area contributed by atoms with Crippen molar-refractivity contribution in [1.82, 2.24) is 10.6 Å². The average Bonchev–Trinajstić information content (AvgIpc) is 3.08. The van der Waals surface area contributed by atoms with E-state index in [1.807, 2.05) is 12.1 Å². The quantitative estimate of drug-likeness (QED) is 0.405. The average molecular weight is 468 g/mol. The van der Waals surface area contributed by atoms with Crippen molar-refractivity contribution >= 4 is 41.5 Å². The van der Waals surface area contributed by atoms with Crippen LogP contribution in [0.15, 0.2) is 17.1 Å². The first-order valence-electron chi connectivity index (χ1n) is 7.86. The van der Waals surface area contributed by atoms with Crippen LogP contribution >= 0.6 is 35.6 Å². The molecule has 1 atom stereocenters. The number of nitrogens with one attached hydrogen (secondary N) is 2. The van der Waals surface area contributed by atoms with Gasteiger partial charge in [0, 0.05) is 32.7 Å². The highest BCUT2D eigenvalue weighted by Gasteiger charge is 2.17. The van der Waals surface area contributed by atoms with Crippen molar-refractivity contribution in [3.05, 3.63) is 22.7 Å². The number of hydrogen-bond donors (Lipinski definition) is 2. The second kappa shape index (κ2) is 9.53. The normalized spacial score (nSPS) is 19.6. The number of halogens is 2. The molecule has 0 bridgehead atoms. The van der Waals surface area contributed by atoms with Crippen molar-refractivity contribution < 1.29 is 14.2 Å². The first kappa shape index (κ1) is 19.4. The zero-order valence-corrected chi connectivity index (χ0v) is 16.7. The summed E-state index contributed by atoms with van der Waals surface area (Å²) in [5.41, 5.74) is 1.02. The van der Waals surface area contributed by atoms with Crippen molar-refractivity contribution in [3.8, 4) is 11.5 Å². The molecule has 1 saturated heterocycles. The lowest BCUT2D eigenvalue weighted by Crippen LogP contribution is -2.39. The number of benzene rings is 1. The largest absolute Gasteiger partial charge is 0.486 e. The highest BCUT2D eigenvalue weighted by Crippen LogP contribution is 2.38. The molecule has 0 saturated carbocycles. The van der Waals surface area contributed by atoms with E-state index in [9.17, 15) is 0 Å². The van der Waals surface area contributed by atoms with Crippen molar-refractivity contribution in [2.45, 2.75) is 13.0 Å². The van der Waals surface area contributed by atoms with Gasteiger partial charge in [-0.3, -0.25) is 4.99 Å². The number of ether oxygens (including phenoxy) is 3. The van der Waals surface area contributed by atoms with E-state index in [-0.39, 0.29) is 24.0 Å². The zero-order chi connectivity index (χ0) is 16.1. The van der Waals surface area contributed by atoms with Crippen LogP contribution in [0.5, 0.6) is 11.5 Å². The lowest BCUT2D eigenvalue weighted by molar-refractivity contribution is 0.171. The Bertz CT molecular complexity index is 580. The first-order chi connectivity index (χ1) is 11.3. The van der Waals surface area contributed by atoms with Gasteiger partial charge >= 0.3 is 0 Å². The third-order valence-corrected chi connectivity index (χ3v) is 4.20. The van der Waals surface area contributed by atoms with Gasteiger partial charge in [0.2, 0.25) is 0 Å². The van der Waals surface area contributed by atoms with E-state index < -0.39 is 0 Å². The molecule has 2 N–H and O–H groups in total. The van der Waals surface area contributed by atoms with E-state index in [2.05, 4.69) is 15.6 Å². The molecular weight excluding hydrogens is 445 g/mol. The smallest absolute Gasteiger partial charge is 0.191 e. The maximum absolute atomic E-state index is 6.25. The molecule has 0 spiro atoms. The molecule has 134 valence electrons. The molecular formula is C16H23ClIN3O3. The van der Waals surface area contributed by atoms with Gasteiger partial charge in [-0.25, -0.2) is 0 Å². The minimum atomic E-state index is 0. The highest BCUT2D eigenvalue weighted by atomic mass is 127. The van der Waals surface area contributed by atoms with Crippen molar-refractivity contribution in [2.75, 3.05) is 40.0 Å². The van der Waals surface area contributed by atoms with E-state index in [0.29, 0.717) is 42.2 Å². The second-order valence-corrected chi connectivity index (χ2v) is 6.05. The predicted octanol–water partition coefficient (Wildman–Crippen LogP) is 2.43. The van der Waals surface area contributed by atoms with Crippen LogP contribution in [-0.4, -0.2) is 46.0 Å². The fourth-order valence-electron chi connectivity index (χ4n) is 2.66. The van der Waals surface area contributed by atoms with E-state index in [4.69, 9.17) is 25.8 Å². The third kappa shape index (κ3) is 5.03. The molecule has 24 heavy (non-hydrogen) atoms. The van der Waals surface area contributed by atoms with Crippen LogP contribution < -0.4 is 20.1 Å². The van der Waals surface area contributed by atoms with Crippen LogP contribution in [-0.2, 0) is 11.3 Å². The molecule has 1 unspecified atom stereocenters. The molecule has 1 aromatic rings. The Morgan fingerprint density at radius 1 is 1.25 bits per heavy atom. The molecule has 2 heterocycles. The molecule has 8 heteroatoms. The third-order valence-electron chi connectivity index (χ3n) is 3.92. The molecule has 0 radical (unpaired) electrons. The molecule has 2 aliphatic heterocycles. The summed E-state index contributed by atoms with van der Waals surface area (Å²) in [4.78, 5) is 4.24. The van der Waals surface area contributed by atoms with Crippen LogP contribution in [0.25, 0.3) is 0 Å². The minimum absolute atomic E-state index is 0. The van der Waals surface area contributed by atoms with Crippen molar-refractivity contribution in [3.63, 3.8) is 0 Å². The summed E-state index contributed by atoms with van der Waals surface area (Å²) >= 11 is 6.25. The summed E-state index contributed by atoms with van der Waals surface area (Å²) in [6, 6.07) is 3.84. The van der Waals surface area contributed by atoms with Gasteiger partial charge in [0.1, 0.15) is 13.2 Å². The van der Waals surface area contributed by atoms with Gasteiger partial charge in [-0.05, 0) is 24.1 Å². The number of nitrogens with zero attached hydrogens (tertiary/aromatic N) is 1. The highest BCUT2D eigenvalue weighted by molar-refractivity contribution is 14.0. The van der Waals surface area contributed by atoms with Gasteiger partial charge in [0.05, 0.1) is 11.6 Å². The number of hydrogen-bond acceptors (Lipinski definition) is 4. The Balaban J connectivity index is 0.00000208. The number of aliphatic imine (C=N–C) groups is 1. The second-order valence-electron chi connectivity index (χ2n) is 5.64. The van der Waals surface area contributed by atoms with Crippen molar-refractivity contribution in [2.24, 2.45) is 10.9 Å². The molecule has 0 aromatic heterocycles. The van der Waals surface area contributed by atoms with Crippen LogP contribution in [0.3, 0.4) is 0 Å². The zero-order valence-electron chi connectivity index (χ0n) is 13.6. The number of fused-ring (bicyclic) bond motifs is 1. The summed E-state index contributed by atoms with van der Waals surface area (Å²) in [7, 11) is 1.76. The van der Waals surface area contributed by atoms with Crippen molar-refractivity contribution in [1.29, 1.82) is 0 Å². The summed E-state index contributed by atoms with van der Waals surface area (Å²) < 4.78 is 16.5. The molecule has 2 aliphatic rings. The maximum atomic E-state index is 6.25. The monoisotopic (exact) mass is 467 g/mol. The maximum Gasteiger partial charge on any atom is 0.191 e. The lowest BCUT2D eigenvalue weighted by Gasteiger charge is -2.20. The van der Waals surface area contributed by atoms with Gasteiger partial charge in [-0.1, -0.05) is 11.6 Å². The van der Waals surface area contributed by atoms with Gasteiger partial charge in [-0.2, -0.15) is 0 Å². The summed E-state index contributed by atoms with van der Waals surface area (Å²) in [5.74, 6) is 2.65. The minimum Gasteiger partial charge on any atom is -0.486 e.